The highest BCUT2D eigenvalue weighted by atomic mass is 32.2. The predicted octanol–water partition coefficient (Wildman–Crippen LogP) is 1.79. The van der Waals surface area contributed by atoms with Crippen molar-refractivity contribution in [1.29, 1.82) is 0 Å². The standard InChI is InChI=1S/C17H21N3O4S/c1-3-4-13-14-12(5-10(2)18-16(14)24-20-13)15(21)19-11-6-17(7-11)8-25(22,23)9-17/h5,11H,3-4,6-9H2,1-2H3,(H,19,21). The van der Waals surface area contributed by atoms with Crippen molar-refractivity contribution in [3.8, 4) is 0 Å². The molecule has 2 aromatic rings. The minimum atomic E-state index is -2.83. The van der Waals surface area contributed by atoms with Crippen LogP contribution < -0.4 is 5.32 Å². The fourth-order valence-corrected chi connectivity index (χ4v) is 6.45. The van der Waals surface area contributed by atoms with Gasteiger partial charge in [0.05, 0.1) is 28.1 Å². The Morgan fingerprint density at radius 3 is 2.76 bits per heavy atom. The molecular formula is C17H21N3O4S. The second-order valence-corrected chi connectivity index (χ2v) is 9.55. The Labute approximate surface area is 146 Å². The van der Waals surface area contributed by atoms with Gasteiger partial charge in [-0.25, -0.2) is 13.4 Å². The molecule has 1 amide bonds. The Balaban J connectivity index is 1.53. The topological polar surface area (TPSA) is 102 Å². The van der Waals surface area contributed by atoms with Gasteiger partial charge in [-0.15, -0.1) is 0 Å². The van der Waals surface area contributed by atoms with E-state index in [1.807, 2.05) is 13.8 Å². The zero-order chi connectivity index (χ0) is 17.8. The van der Waals surface area contributed by atoms with E-state index < -0.39 is 9.84 Å². The van der Waals surface area contributed by atoms with Crippen molar-refractivity contribution in [2.75, 3.05) is 11.5 Å². The fourth-order valence-electron chi connectivity index (χ4n) is 4.20. The lowest BCUT2D eigenvalue weighted by Crippen LogP contribution is -2.62. The first-order valence-corrected chi connectivity index (χ1v) is 10.4. The predicted molar refractivity (Wildman–Crippen MR) is 92.1 cm³/mol. The van der Waals surface area contributed by atoms with Gasteiger partial charge in [0.25, 0.3) is 11.6 Å². The van der Waals surface area contributed by atoms with E-state index in [0.29, 0.717) is 22.4 Å². The Bertz CT molecular complexity index is 944. The third kappa shape index (κ3) is 2.82. The minimum absolute atomic E-state index is 0.0287. The first-order valence-electron chi connectivity index (χ1n) is 8.58. The zero-order valence-electron chi connectivity index (χ0n) is 14.3. The van der Waals surface area contributed by atoms with Crippen LogP contribution in [-0.4, -0.2) is 42.0 Å². The number of nitrogens with zero attached hydrogens (tertiary/aromatic N) is 2. The van der Waals surface area contributed by atoms with Gasteiger partial charge in [-0.3, -0.25) is 4.79 Å². The van der Waals surface area contributed by atoms with Gasteiger partial charge in [0.15, 0.2) is 9.84 Å². The van der Waals surface area contributed by atoms with Crippen molar-refractivity contribution >= 4 is 26.8 Å². The van der Waals surface area contributed by atoms with Crippen LogP contribution in [0.3, 0.4) is 0 Å². The van der Waals surface area contributed by atoms with Crippen LogP contribution in [0.2, 0.25) is 0 Å². The van der Waals surface area contributed by atoms with E-state index in [1.165, 1.54) is 0 Å². The lowest BCUT2D eigenvalue weighted by atomic mass is 9.67. The summed E-state index contributed by atoms with van der Waals surface area (Å²) in [6, 6.07) is 1.79. The molecule has 1 N–H and O–H groups in total. The molecule has 1 aliphatic carbocycles. The van der Waals surface area contributed by atoms with Crippen LogP contribution in [0.5, 0.6) is 0 Å². The maximum atomic E-state index is 12.8. The monoisotopic (exact) mass is 363 g/mol. The lowest BCUT2D eigenvalue weighted by Gasteiger charge is -2.53. The molecule has 8 heteroatoms. The molecule has 1 spiro atoms. The van der Waals surface area contributed by atoms with Crippen LogP contribution in [-0.2, 0) is 16.3 Å². The van der Waals surface area contributed by atoms with E-state index in [-0.39, 0.29) is 28.9 Å². The highest BCUT2D eigenvalue weighted by Crippen LogP contribution is 2.49. The van der Waals surface area contributed by atoms with Crippen molar-refractivity contribution in [2.24, 2.45) is 5.41 Å². The number of rotatable bonds is 4. The van der Waals surface area contributed by atoms with Crippen LogP contribution in [0.15, 0.2) is 10.6 Å². The van der Waals surface area contributed by atoms with E-state index in [2.05, 4.69) is 15.5 Å². The van der Waals surface area contributed by atoms with Crippen molar-refractivity contribution < 1.29 is 17.7 Å². The Morgan fingerprint density at radius 1 is 1.40 bits per heavy atom. The van der Waals surface area contributed by atoms with Crippen LogP contribution in [0.1, 0.15) is 47.9 Å². The first-order chi connectivity index (χ1) is 11.8. The Hall–Kier alpha value is -1.96. The SMILES string of the molecule is CCCc1noc2nc(C)cc(C(=O)NC3CC4(C3)CS(=O)(=O)C4)c12. The number of pyridine rings is 1. The average Bonchev–Trinajstić information content (AvgIpc) is 2.85. The number of fused-ring (bicyclic) bond motifs is 1. The highest BCUT2D eigenvalue weighted by molar-refractivity contribution is 7.92. The Morgan fingerprint density at radius 2 is 2.12 bits per heavy atom. The molecule has 134 valence electrons. The molecule has 0 unspecified atom stereocenters. The summed E-state index contributed by atoms with van der Waals surface area (Å²) in [4.78, 5) is 17.1. The van der Waals surface area contributed by atoms with E-state index in [9.17, 15) is 13.2 Å². The number of hydrogen-bond acceptors (Lipinski definition) is 6. The third-order valence-electron chi connectivity index (χ3n) is 5.12. The van der Waals surface area contributed by atoms with Gasteiger partial charge in [0, 0.05) is 17.2 Å². The summed E-state index contributed by atoms with van der Waals surface area (Å²) in [7, 11) is -2.83. The first kappa shape index (κ1) is 16.5. The summed E-state index contributed by atoms with van der Waals surface area (Å²) < 4.78 is 28.1. The summed E-state index contributed by atoms with van der Waals surface area (Å²) in [5.74, 6) is 0.354. The van der Waals surface area contributed by atoms with Gasteiger partial charge in [-0.05, 0) is 32.3 Å². The summed E-state index contributed by atoms with van der Waals surface area (Å²) in [6.45, 7) is 3.86. The quantitative estimate of drug-likeness (QED) is 0.888. The smallest absolute Gasteiger partial charge is 0.258 e. The zero-order valence-corrected chi connectivity index (χ0v) is 15.1. The number of sulfone groups is 1. The van der Waals surface area contributed by atoms with Gasteiger partial charge in [-0.2, -0.15) is 0 Å². The van der Waals surface area contributed by atoms with Gasteiger partial charge < -0.3 is 9.84 Å². The normalized spacial score (nSPS) is 21.0. The number of nitrogens with one attached hydrogen (secondary N) is 1. The van der Waals surface area contributed by atoms with Crippen molar-refractivity contribution in [1.82, 2.24) is 15.5 Å². The van der Waals surface area contributed by atoms with Crippen LogP contribution >= 0.6 is 0 Å². The maximum Gasteiger partial charge on any atom is 0.258 e. The van der Waals surface area contributed by atoms with Crippen molar-refractivity contribution in [3.05, 3.63) is 23.0 Å². The molecule has 0 radical (unpaired) electrons. The van der Waals surface area contributed by atoms with Crippen LogP contribution in [0.25, 0.3) is 11.1 Å². The molecule has 7 nitrogen and oxygen atoms in total. The fraction of sp³-hybridized carbons (Fsp3) is 0.588. The van der Waals surface area contributed by atoms with Gasteiger partial charge in [0.2, 0.25) is 0 Å². The number of carbonyl (C=O) groups excluding carboxylic acids is 1. The van der Waals surface area contributed by atoms with Gasteiger partial charge in [-0.1, -0.05) is 18.5 Å². The van der Waals surface area contributed by atoms with Crippen LogP contribution in [0, 0.1) is 12.3 Å². The van der Waals surface area contributed by atoms with E-state index >= 15 is 0 Å². The molecule has 2 aromatic heterocycles. The Kier molecular flexibility index (Phi) is 3.64. The van der Waals surface area contributed by atoms with E-state index in [4.69, 9.17) is 4.52 Å². The number of aromatic nitrogens is 2. The van der Waals surface area contributed by atoms with E-state index in [1.54, 1.807) is 6.07 Å². The largest absolute Gasteiger partial charge is 0.349 e. The molecule has 3 heterocycles. The lowest BCUT2D eigenvalue weighted by molar-refractivity contribution is 0.0783. The molecule has 1 saturated heterocycles. The molecule has 0 bridgehead atoms. The van der Waals surface area contributed by atoms with Crippen LogP contribution in [0.4, 0.5) is 0 Å². The maximum absolute atomic E-state index is 12.8. The molecule has 1 aliphatic heterocycles. The molecule has 25 heavy (non-hydrogen) atoms. The number of amides is 1. The summed E-state index contributed by atoms with van der Waals surface area (Å²) in [5, 5.41) is 7.78. The molecule has 1 saturated carbocycles. The second kappa shape index (κ2) is 5.52. The summed E-state index contributed by atoms with van der Waals surface area (Å²) >= 11 is 0. The summed E-state index contributed by atoms with van der Waals surface area (Å²) in [6.07, 6.45) is 3.09. The number of carbonyl (C=O) groups is 1. The molecular weight excluding hydrogens is 342 g/mol. The van der Waals surface area contributed by atoms with E-state index in [0.717, 1.165) is 31.4 Å². The molecule has 0 atom stereocenters. The highest BCUT2D eigenvalue weighted by Gasteiger charge is 2.56. The number of hydrogen-bond donors (Lipinski definition) is 1. The summed E-state index contributed by atoms with van der Waals surface area (Å²) in [5.41, 5.74) is 2.29. The average molecular weight is 363 g/mol. The molecule has 2 fully saturated rings. The minimum Gasteiger partial charge on any atom is -0.349 e. The molecule has 0 aromatic carbocycles. The van der Waals surface area contributed by atoms with Crippen molar-refractivity contribution in [2.45, 2.75) is 45.6 Å². The third-order valence-corrected chi connectivity index (χ3v) is 7.23. The van der Waals surface area contributed by atoms with Gasteiger partial charge >= 0.3 is 0 Å². The molecule has 2 aliphatic rings. The van der Waals surface area contributed by atoms with Crippen molar-refractivity contribution in [3.63, 3.8) is 0 Å². The second-order valence-electron chi connectivity index (χ2n) is 7.48. The molecule has 4 rings (SSSR count). The van der Waals surface area contributed by atoms with Gasteiger partial charge in [0.1, 0.15) is 0 Å². The number of aryl methyl sites for hydroxylation is 2.